The number of halogens is 4. The van der Waals surface area contributed by atoms with Crippen LogP contribution in [-0.2, 0) is 16.1 Å². The molecule has 1 aliphatic heterocycles. The third-order valence-corrected chi connectivity index (χ3v) is 4.71. The van der Waals surface area contributed by atoms with Gasteiger partial charge in [0.2, 0.25) is 0 Å². The van der Waals surface area contributed by atoms with Crippen LogP contribution in [0.1, 0.15) is 5.56 Å². The molecule has 26 heavy (non-hydrogen) atoms. The topological polar surface area (TPSA) is 58.6 Å². The van der Waals surface area contributed by atoms with E-state index in [9.17, 15) is 9.59 Å². The Bertz CT molecular complexity index is 853. The van der Waals surface area contributed by atoms with Gasteiger partial charge in [0.15, 0.2) is 6.61 Å². The van der Waals surface area contributed by atoms with Crippen molar-refractivity contribution in [3.05, 3.63) is 52.5 Å². The summed E-state index contributed by atoms with van der Waals surface area (Å²) in [4.78, 5) is 25.8. The molecular formula is C17H12BrCl3N2O3. The molecule has 9 heteroatoms. The summed E-state index contributed by atoms with van der Waals surface area (Å²) in [5.74, 6) is -0.441. The molecule has 0 unspecified atom stereocenters. The molecule has 0 aliphatic carbocycles. The molecule has 0 spiro atoms. The fraction of sp³-hybridized carbons (Fsp3) is 0.176. The Morgan fingerprint density at radius 1 is 1.19 bits per heavy atom. The number of carbonyl (C=O) groups excluding carboxylic acids is 2. The number of benzene rings is 2. The molecule has 2 amide bonds. The third-order valence-electron chi connectivity index (χ3n) is 3.67. The molecule has 5 nitrogen and oxygen atoms in total. The lowest BCUT2D eigenvalue weighted by Gasteiger charge is -2.30. The van der Waals surface area contributed by atoms with Gasteiger partial charge >= 0.3 is 0 Å². The summed E-state index contributed by atoms with van der Waals surface area (Å²) in [6, 6.07) is 12.5. The van der Waals surface area contributed by atoms with E-state index in [1.165, 1.54) is 0 Å². The van der Waals surface area contributed by atoms with E-state index in [2.05, 4.69) is 21.2 Å². The highest BCUT2D eigenvalue weighted by molar-refractivity contribution is 9.10. The number of amides is 2. The van der Waals surface area contributed by atoms with E-state index in [1.54, 1.807) is 23.1 Å². The molecule has 0 saturated carbocycles. The van der Waals surface area contributed by atoms with Crippen molar-refractivity contribution >= 4 is 73.9 Å². The first-order valence-corrected chi connectivity index (χ1v) is 9.36. The first-order valence-electron chi connectivity index (χ1n) is 7.44. The highest BCUT2D eigenvalue weighted by atomic mass is 79.9. The highest BCUT2D eigenvalue weighted by Crippen LogP contribution is 2.36. The predicted octanol–water partition coefficient (Wildman–Crippen LogP) is 4.68. The Morgan fingerprint density at radius 2 is 1.88 bits per heavy atom. The number of ether oxygens (including phenoxy) is 1. The second-order valence-corrected chi connectivity index (χ2v) is 8.73. The van der Waals surface area contributed by atoms with Gasteiger partial charge < -0.3 is 15.0 Å². The van der Waals surface area contributed by atoms with Crippen LogP contribution in [0.4, 0.5) is 11.4 Å². The Labute approximate surface area is 173 Å². The van der Waals surface area contributed by atoms with Gasteiger partial charge in [0.1, 0.15) is 5.75 Å². The van der Waals surface area contributed by atoms with Gasteiger partial charge in [0.25, 0.3) is 15.6 Å². The largest absolute Gasteiger partial charge is 0.482 e. The van der Waals surface area contributed by atoms with Crippen LogP contribution >= 0.6 is 50.7 Å². The summed E-state index contributed by atoms with van der Waals surface area (Å²) in [6.07, 6.45) is 0. The standard InChI is InChI=1S/C17H12BrCl3N2O3/c18-11-3-1-10(2-4-11)8-23-13-7-12(22-16(25)17(19,20)21)5-6-14(13)26-9-15(23)24/h1-7H,8-9H2,(H,22,25). The lowest BCUT2D eigenvalue weighted by Crippen LogP contribution is -2.38. The molecule has 0 saturated heterocycles. The van der Waals surface area contributed by atoms with E-state index >= 15 is 0 Å². The van der Waals surface area contributed by atoms with Crippen LogP contribution in [0.25, 0.3) is 0 Å². The molecule has 1 aliphatic rings. The number of rotatable bonds is 3. The Morgan fingerprint density at radius 3 is 2.54 bits per heavy atom. The van der Waals surface area contributed by atoms with E-state index in [4.69, 9.17) is 39.5 Å². The molecule has 3 rings (SSSR count). The smallest absolute Gasteiger partial charge is 0.276 e. The van der Waals surface area contributed by atoms with Crippen molar-refractivity contribution < 1.29 is 14.3 Å². The van der Waals surface area contributed by atoms with Gasteiger partial charge in [0.05, 0.1) is 12.2 Å². The molecule has 0 atom stereocenters. The lowest BCUT2D eigenvalue weighted by molar-refractivity contribution is -0.121. The Hall–Kier alpha value is -1.47. The minimum atomic E-state index is -2.08. The van der Waals surface area contributed by atoms with Gasteiger partial charge in [-0.15, -0.1) is 0 Å². The van der Waals surface area contributed by atoms with Crippen molar-refractivity contribution in [2.24, 2.45) is 0 Å². The van der Waals surface area contributed by atoms with E-state index in [0.29, 0.717) is 23.7 Å². The molecule has 1 heterocycles. The van der Waals surface area contributed by atoms with E-state index in [1.807, 2.05) is 24.3 Å². The molecule has 0 bridgehead atoms. The van der Waals surface area contributed by atoms with Crippen molar-refractivity contribution in [3.63, 3.8) is 0 Å². The summed E-state index contributed by atoms with van der Waals surface area (Å²) < 4.78 is 4.33. The van der Waals surface area contributed by atoms with Gasteiger partial charge in [-0.2, -0.15) is 0 Å². The molecule has 136 valence electrons. The van der Waals surface area contributed by atoms with Crippen molar-refractivity contribution in [3.8, 4) is 5.75 Å². The Kier molecular flexibility index (Phi) is 5.67. The molecule has 0 radical (unpaired) electrons. The minimum Gasteiger partial charge on any atom is -0.482 e. The highest BCUT2D eigenvalue weighted by Gasteiger charge is 2.31. The number of hydrogen-bond acceptors (Lipinski definition) is 3. The average Bonchev–Trinajstić information content (AvgIpc) is 2.58. The van der Waals surface area contributed by atoms with Crippen molar-refractivity contribution in [2.45, 2.75) is 10.3 Å². The van der Waals surface area contributed by atoms with Gasteiger partial charge in [-0.25, -0.2) is 0 Å². The van der Waals surface area contributed by atoms with Crippen LogP contribution in [-0.4, -0.2) is 22.2 Å². The van der Waals surface area contributed by atoms with Crippen LogP contribution in [0.2, 0.25) is 0 Å². The van der Waals surface area contributed by atoms with Crippen molar-refractivity contribution in [1.29, 1.82) is 0 Å². The monoisotopic (exact) mass is 476 g/mol. The number of hydrogen-bond donors (Lipinski definition) is 1. The van der Waals surface area contributed by atoms with Crippen LogP contribution in [0.15, 0.2) is 46.9 Å². The van der Waals surface area contributed by atoms with Crippen molar-refractivity contribution in [1.82, 2.24) is 0 Å². The fourth-order valence-corrected chi connectivity index (χ4v) is 2.83. The molecule has 0 aromatic heterocycles. The maximum absolute atomic E-state index is 12.4. The van der Waals surface area contributed by atoms with Crippen LogP contribution in [0, 0.1) is 0 Å². The lowest BCUT2D eigenvalue weighted by atomic mass is 10.1. The zero-order chi connectivity index (χ0) is 18.9. The molecule has 2 aromatic carbocycles. The number of anilines is 2. The first-order chi connectivity index (χ1) is 12.2. The number of fused-ring (bicyclic) bond motifs is 1. The molecule has 1 N–H and O–H groups in total. The summed E-state index contributed by atoms with van der Waals surface area (Å²) in [6.45, 7) is 0.313. The zero-order valence-electron chi connectivity index (χ0n) is 13.1. The number of nitrogens with one attached hydrogen (secondary N) is 1. The third kappa shape index (κ3) is 4.43. The normalized spacial score (nSPS) is 13.8. The number of carbonyl (C=O) groups is 2. The Balaban J connectivity index is 1.89. The summed E-state index contributed by atoms with van der Waals surface area (Å²) >= 11 is 20.1. The van der Waals surface area contributed by atoms with Crippen molar-refractivity contribution in [2.75, 3.05) is 16.8 Å². The van der Waals surface area contributed by atoms with Crippen LogP contribution in [0.3, 0.4) is 0 Å². The molecule has 0 fully saturated rings. The maximum Gasteiger partial charge on any atom is 0.276 e. The van der Waals surface area contributed by atoms with Gasteiger partial charge in [-0.3, -0.25) is 9.59 Å². The summed E-state index contributed by atoms with van der Waals surface area (Å²) in [5, 5.41) is 2.50. The van der Waals surface area contributed by atoms with Gasteiger partial charge in [-0.1, -0.05) is 62.9 Å². The second kappa shape index (κ2) is 7.64. The second-order valence-electron chi connectivity index (χ2n) is 5.53. The van der Waals surface area contributed by atoms with E-state index in [-0.39, 0.29) is 12.5 Å². The average molecular weight is 479 g/mol. The maximum atomic E-state index is 12.4. The fourth-order valence-electron chi connectivity index (χ4n) is 2.43. The van der Waals surface area contributed by atoms with E-state index in [0.717, 1.165) is 10.0 Å². The SMILES string of the molecule is O=C1COc2ccc(NC(=O)C(Cl)(Cl)Cl)cc2N1Cc1ccc(Br)cc1. The van der Waals surface area contributed by atoms with Crippen LogP contribution in [0.5, 0.6) is 5.75 Å². The predicted molar refractivity (Wildman–Crippen MR) is 106 cm³/mol. The summed E-state index contributed by atoms with van der Waals surface area (Å²) in [5.41, 5.74) is 1.87. The number of nitrogens with zero attached hydrogens (tertiary/aromatic N) is 1. The van der Waals surface area contributed by atoms with Crippen LogP contribution < -0.4 is 15.0 Å². The first kappa shape index (κ1) is 19.3. The summed E-state index contributed by atoms with van der Waals surface area (Å²) in [7, 11) is 0. The van der Waals surface area contributed by atoms with Gasteiger partial charge in [0, 0.05) is 10.2 Å². The van der Waals surface area contributed by atoms with Gasteiger partial charge in [-0.05, 0) is 35.9 Å². The molecule has 2 aromatic rings. The molecular weight excluding hydrogens is 466 g/mol. The number of alkyl halides is 3. The quantitative estimate of drug-likeness (QED) is 0.652. The zero-order valence-corrected chi connectivity index (χ0v) is 17.0. The van der Waals surface area contributed by atoms with E-state index < -0.39 is 9.70 Å². The minimum absolute atomic E-state index is 0.0522.